The van der Waals surface area contributed by atoms with Crippen molar-refractivity contribution >= 4 is 17.9 Å². The first kappa shape index (κ1) is 32.3. The fraction of sp³-hybridized carbons (Fsp3) is 0.0870. The van der Waals surface area contributed by atoms with E-state index in [4.69, 9.17) is 15.0 Å². The Balaban J connectivity index is 1.25. The monoisotopic (exact) mass is 646 g/mol. The van der Waals surface area contributed by atoms with E-state index in [2.05, 4.69) is 164 Å². The molecule has 3 heterocycles. The predicted octanol–water partition coefficient (Wildman–Crippen LogP) is 11.7. The number of rotatable bonds is 7. The number of allylic oxidation sites excluding steroid dienone is 7. The van der Waals surface area contributed by atoms with E-state index in [9.17, 15) is 0 Å². The topological polar surface area (TPSA) is 51.0 Å². The Morgan fingerprint density at radius 3 is 1.88 bits per heavy atom. The molecule has 0 fully saturated rings. The molecule has 6 aromatic rings. The van der Waals surface area contributed by atoms with Gasteiger partial charge in [0.25, 0.3) is 0 Å². The van der Waals surface area contributed by atoms with Gasteiger partial charge in [0.15, 0.2) is 5.82 Å². The van der Waals surface area contributed by atoms with E-state index < -0.39 is 0 Å². The first-order valence-electron chi connectivity index (χ1n) is 17.1. The Morgan fingerprint density at radius 1 is 0.580 bits per heavy atom. The lowest BCUT2D eigenvalue weighted by Crippen LogP contribution is -1.97. The summed E-state index contributed by atoms with van der Waals surface area (Å²) in [4.78, 5) is 19.8. The van der Waals surface area contributed by atoms with Crippen LogP contribution in [0.25, 0.3) is 67.9 Å². The zero-order valence-corrected chi connectivity index (χ0v) is 28.4. The lowest BCUT2D eigenvalue weighted by atomic mass is 10.00. The molecule has 4 heteroatoms. The minimum absolute atomic E-state index is 0.540. The molecule has 0 atom stereocenters. The van der Waals surface area contributed by atoms with Crippen molar-refractivity contribution in [3.05, 3.63) is 175 Å². The van der Waals surface area contributed by atoms with Crippen LogP contribution >= 0.6 is 0 Å². The second-order valence-electron chi connectivity index (χ2n) is 12.1. The van der Waals surface area contributed by atoms with Crippen molar-refractivity contribution in [2.24, 2.45) is 4.99 Å². The van der Waals surface area contributed by atoms with E-state index in [0.29, 0.717) is 12.4 Å². The molecule has 0 bridgehead atoms. The van der Waals surface area contributed by atoms with Crippen molar-refractivity contribution in [3.63, 3.8) is 0 Å². The summed E-state index contributed by atoms with van der Waals surface area (Å²) in [5, 5.41) is 0. The Kier molecular flexibility index (Phi) is 9.89. The average Bonchev–Trinajstić information content (AvgIpc) is 3.19. The second kappa shape index (κ2) is 15.3. The van der Waals surface area contributed by atoms with Crippen molar-refractivity contribution in [2.45, 2.75) is 26.8 Å². The molecule has 0 aliphatic carbocycles. The molecule has 0 radical (unpaired) electrons. The largest absolute Gasteiger partial charge is 0.287 e. The summed E-state index contributed by atoms with van der Waals surface area (Å²) >= 11 is 0. The van der Waals surface area contributed by atoms with E-state index in [1.54, 1.807) is 0 Å². The van der Waals surface area contributed by atoms with Crippen LogP contribution in [0.4, 0.5) is 0 Å². The summed E-state index contributed by atoms with van der Waals surface area (Å²) in [7, 11) is 0. The average molecular weight is 647 g/mol. The van der Waals surface area contributed by atoms with Crippen molar-refractivity contribution in [2.75, 3.05) is 0 Å². The Bertz CT molecular complexity index is 2240. The van der Waals surface area contributed by atoms with Gasteiger partial charge in [0, 0.05) is 28.5 Å². The molecule has 1 aliphatic heterocycles. The van der Waals surface area contributed by atoms with Crippen LogP contribution in [0, 0.1) is 0 Å². The molecular formula is C46H38N4. The maximum atomic E-state index is 5.11. The summed E-state index contributed by atoms with van der Waals surface area (Å²) in [6, 6.07) is 42.3. The summed E-state index contributed by atoms with van der Waals surface area (Å²) in [5.41, 5.74) is 13.5. The molecule has 0 saturated heterocycles. The summed E-state index contributed by atoms with van der Waals surface area (Å²) < 4.78 is 0. The highest BCUT2D eigenvalue weighted by Crippen LogP contribution is 2.31. The van der Waals surface area contributed by atoms with Gasteiger partial charge in [0.2, 0.25) is 0 Å². The Hall–Kier alpha value is -6.26. The number of aliphatic imine (C=N–C) groups is 1. The van der Waals surface area contributed by atoms with Crippen molar-refractivity contribution in [3.8, 4) is 56.3 Å². The van der Waals surface area contributed by atoms with Gasteiger partial charge >= 0.3 is 0 Å². The van der Waals surface area contributed by atoms with Crippen LogP contribution in [-0.2, 0) is 6.54 Å². The van der Waals surface area contributed by atoms with E-state index in [1.165, 1.54) is 22.3 Å². The quantitative estimate of drug-likeness (QED) is 0.162. The number of pyridine rings is 1. The molecule has 0 saturated carbocycles. The van der Waals surface area contributed by atoms with E-state index in [-0.39, 0.29) is 0 Å². The Labute approximate surface area is 294 Å². The van der Waals surface area contributed by atoms with Crippen LogP contribution in [0.15, 0.2) is 163 Å². The number of hydrogen-bond acceptors (Lipinski definition) is 4. The molecule has 0 amide bonds. The standard InChI is InChI=1S/C46H38N4/c1-3-12-33(4-2)35-16-20-39(21-17-35)43-31-44(40-22-18-36(19-23-40)34-13-9-7-10-14-34)50-46(49-43)41-26-24-38(25-27-41)42-29-28-37-15-8-5-6-11-30-47-32-45(37)48-42/h3-4,6-31H,5,32H2,1-2H3/b11-6-,12-3-,15-8-,33-4+,47-30?. The SMILES string of the molecule is C/C=C\C(=C/C)c1ccc(-c2cc(-c3ccc(-c4ccccc4)cc3)nc(-c3ccc(-c4ccc5c(n4)CN=C/C=C\C/C=C\5)cc3)n2)cc1. The third kappa shape index (κ3) is 7.40. The zero-order chi connectivity index (χ0) is 34.1. The molecular weight excluding hydrogens is 609 g/mol. The van der Waals surface area contributed by atoms with Gasteiger partial charge in [-0.15, -0.1) is 0 Å². The fourth-order valence-electron chi connectivity index (χ4n) is 6.06. The van der Waals surface area contributed by atoms with Crippen LogP contribution in [0.3, 0.4) is 0 Å². The summed E-state index contributed by atoms with van der Waals surface area (Å²) in [6.45, 7) is 4.65. The van der Waals surface area contributed by atoms with Gasteiger partial charge in [-0.2, -0.15) is 0 Å². The first-order chi connectivity index (χ1) is 24.7. The van der Waals surface area contributed by atoms with Gasteiger partial charge in [-0.05, 0) is 66.3 Å². The van der Waals surface area contributed by atoms with Crippen molar-refractivity contribution in [1.29, 1.82) is 0 Å². The van der Waals surface area contributed by atoms with Crippen molar-refractivity contribution in [1.82, 2.24) is 15.0 Å². The number of hydrogen-bond donors (Lipinski definition) is 0. The van der Waals surface area contributed by atoms with Gasteiger partial charge in [-0.3, -0.25) is 9.98 Å². The predicted molar refractivity (Wildman–Crippen MR) is 210 cm³/mol. The number of nitrogens with zero attached hydrogens (tertiary/aromatic N) is 4. The van der Waals surface area contributed by atoms with Gasteiger partial charge in [0.1, 0.15) is 0 Å². The van der Waals surface area contributed by atoms with Gasteiger partial charge < -0.3 is 0 Å². The minimum atomic E-state index is 0.540. The smallest absolute Gasteiger partial charge is 0.160 e. The van der Waals surface area contributed by atoms with Gasteiger partial charge in [-0.25, -0.2) is 9.97 Å². The highest BCUT2D eigenvalue weighted by molar-refractivity contribution is 5.78. The molecule has 0 unspecified atom stereocenters. The third-order valence-electron chi connectivity index (χ3n) is 8.77. The van der Waals surface area contributed by atoms with Crippen LogP contribution in [0.1, 0.15) is 37.1 Å². The molecule has 1 aliphatic rings. The van der Waals surface area contributed by atoms with Crippen LogP contribution in [0.2, 0.25) is 0 Å². The molecule has 242 valence electrons. The lowest BCUT2D eigenvalue weighted by Gasteiger charge is -2.12. The molecule has 2 aromatic heterocycles. The number of aromatic nitrogens is 3. The number of fused-ring (bicyclic) bond motifs is 1. The molecule has 50 heavy (non-hydrogen) atoms. The van der Waals surface area contributed by atoms with Gasteiger partial charge in [-0.1, -0.05) is 146 Å². The fourth-order valence-corrected chi connectivity index (χ4v) is 6.06. The van der Waals surface area contributed by atoms with Crippen molar-refractivity contribution < 1.29 is 0 Å². The molecule has 4 nitrogen and oxygen atoms in total. The van der Waals surface area contributed by atoms with E-state index in [1.807, 2.05) is 25.3 Å². The summed E-state index contributed by atoms with van der Waals surface area (Å²) in [6.07, 6.45) is 17.4. The maximum absolute atomic E-state index is 5.11. The highest BCUT2D eigenvalue weighted by Gasteiger charge is 2.13. The molecule has 4 aromatic carbocycles. The number of benzene rings is 4. The third-order valence-corrected chi connectivity index (χ3v) is 8.77. The minimum Gasteiger partial charge on any atom is -0.287 e. The van der Waals surface area contributed by atoms with Crippen LogP contribution < -0.4 is 0 Å². The van der Waals surface area contributed by atoms with E-state index >= 15 is 0 Å². The van der Waals surface area contributed by atoms with Crippen LogP contribution in [-0.4, -0.2) is 21.2 Å². The Morgan fingerprint density at radius 2 is 1.20 bits per heavy atom. The molecule has 7 rings (SSSR count). The summed E-state index contributed by atoms with van der Waals surface area (Å²) in [5.74, 6) is 0.675. The molecule has 0 spiro atoms. The normalized spacial score (nSPS) is 14.3. The second-order valence-corrected chi connectivity index (χ2v) is 12.1. The van der Waals surface area contributed by atoms with E-state index in [0.717, 1.165) is 57.0 Å². The lowest BCUT2D eigenvalue weighted by molar-refractivity contribution is 0.992. The zero-order valence-electron chi connectivity index (χ0n) is 28.4. The first-order valence-corrected chi connectivity index (χ1v) is 17.1. The maximum Gasteiger partial charge on any atom is 0.160 e. The highest BCUT2D eigenvalue weighted by atomic mass is 14.9. The van der Waals surface area contributed by atoms with Crippen LogP contribution in [0.5, 0.6) is 0 Å². The van der Waals surface area contributed by atoms with Gasteiger partial charge in [0.05, 0.1) is 29.3 Å². The molecule has 0 N–H and O–H groups in total.